The van der Waals surface area contributed by atoms with Crippen molar-refractivity contribution in [3.8, 4) is 0 Å². The van der Waals surface area contributed by atoms with Crippen LogP contribution in [0.25, 0.3) is 5.57 Å². The highest BCUT2D eigenvalue weighted by molar-refractivity contribution is 5.65. The molecular weight excluding hydrogens is 416 g/mol. The molecule has 0 amide bonds. The first-order valence-electron chi connectivity index (χ1n) is 9.79. The third-order valence-electron chi connectivity index (χ3n) is 5.43. The molecule has 0 spiro atoms. The molecule has 2 unspecified atom stereocenters. The number of aliphatic hydroxyl groups excluding tert-OH is 1. The van der Waals surface area contributed by atoms with Gasteiger partial charge in [0.1, 0.15) is 18.0 Å². The number of alkyl halides is 5. The van der Waals surface area contributed by atoms with Crippen molar-refractivity contribution in [2.75, 3.05) is 17.2 Å². The summed E-state index contributed by atoms with van der Waals surface area (Å²) in [6.45, 7) is 1.14. The summed E-state index contributed by atoms with van der Waals surface area (Å²) >= 11 is 0. The lowest BCUT2D eigenvalue weighted by Crippen LogP contribution is -2.43. The zero-order valence-electron chi connectivity index (χ0n) is 16.2. The molecule has 1 aromatic rings. The van der Waals surface area contributed by atoms with Crippen LogP contribution in [-0.2, 0) is 0 Å². The van der Waals surface area contributed by atoms with Gasteiger partial charge >= 0.3 is 6.18 Å². The normalized spacial score (nSPS) is 24.9. The zero-order valence-corrected chi connectivity index (χ0v) is 16.2. The summed E-state index contributed by atoms with van der Waals surface area (Å²) in [7, 11) is 0. The van der Waals surface area contributed by atoms with E-state index in [0.717, 1.165) is 0 Å². The fourth-order valence-corrected chi connectivity index (χ4v) is 3.40. The van der Waals surface area contributed by atoms with Gasteiger partial charge in [0.05, 0.1) is 0 Å². The van der Waals surface area contributed by atoms with Gasteiger partial charge in [0.2, 0.25) is 11.9 Å². The fraction of sp³-hybridized carbons (Fsp3) is 0.722. The number of nitrogens with zero attached hydrogens (tertiary/aromatic N) is 3. The molecule has 168 valence electrons. The molecule has 12 heteroatoms. The highest BCUT2D eigenvalue weighted by Crippen LogP contribution is 2.43. The van der Waals surface area contributed by atoms with Crippen molar-refractivity contribution in [1.29, 1.82) is 0 Å². The first-order valence-corrected chi connectivity index (χ1v) is 9.79. The molecule has 0 radical (unpaired) electrons. The van der Waals surface area contributed by atoms with Crippen molar-refractivity contribution in [1.82, 2.24) is 15.0 Å². The van der Waals surface area contributed by atoms with Crippen LogP contribution in [-0.4, -0.2) is 50.8 Å². The molecule has 1 aromatic heterocycles. The molecule has 1 heterocycles. The van der Waals surface area contributed by atoms with Gasteiger partial charge in [-0.05, 0) is 32.1 Å². The smallest absolute Gasteiger partial charge is 0.386 e. The molecule has 6 nitrogen and oxygen atoms in total. The fourth-order valence-electron chi connectivity index (χ4n) is 3.40. The second-order valence-electron chi connectivity index (χ2n) is 7.57. The molecule has 1 fully saturated rings. The molecule has 2 aliphatic carbocycles. The molecule has 0 saturated heterocycles. The number of aromatic nitrogens is 3. The van der Waals surface area contributed by atoms with Crippen LogP contribution in [0.5, 0.6) is 0 Å². The molecule has 2 aliphatic rings. The van der Waals surface area contributed by atoms with Crippen molar-refractivity contribution >= 4 is 17.5 Å². The van der Waals surface area contributed by atoms with Gasteiger partial charge in [0.25, 0.3) is 5.92 Å². The van der Waals surface area contributed by atoms with Crippen LogP contribution in [0.1, 0.15) is 51.3 Å². The minimum absolute atomic E-state index is 0.0312. The van der Waals surface area contributed by atoms with E-state index >= 15 is 0 Å². The lowest BCUT2D eigenvalue weighted by molar-refractivity contribution is -0.143. The lowest BCUT2D eigenvalue weighted by Gasteiger charge is -2.36. The number of aliphatic hydroxyl groups is 1. The predicted octanol–water partition coefficient (Wildman–Crippen LogP) is 4.31. The Bertz CT molecular complexity index is 800. The second kappa shape index (κ2) is 8.56. The monoisotopic (exact) mass is 439 g/mol. The average molecular weight is 439 g/mol. The maximum Gasteiger partial charge on any atom is 0.408 e. The van der Waals surface area contributed by atoms with Crippen LogP contribution in [0.15, 0.2) is 5.83 Å². The summed E-state index contributed by atoms with van der Waals surface area (Å²) in [4.78, 5) is 11.8. The van der Waals surface area contributed by atoms with Gasteiger partial charge in [-0.2, -0.15) is 28.1 Å². The topological polar surface area (TPSA) is 83.0 Å². The van der Waals surface area contributed by atoms with Gasteiger partial charge in [-0.15, -0.1) is 0 Å². The predicted molar refractivity (Wildman–Crippen MR) is 97.6 cm³/mol. The minimum Gasteiger partial charge on any atom is -0.386 e. The Kier molecular flexibility index (Phi) is 6.44. The van der Waals surface area contributed by atoms with Crippen LogP contribution >= 0.6 is 0 Å². The maximum absolute atomic E-state index is 14.4. The highest BCUT2D eigenvalue weighted by Gasteiger charge is 2.48. The van der Waals surface area contributed by atoms with Gasteiger partial charge in [-0.1, -0.05) is 6.92 Å². The Labute approximate surface area is 169 Å². The van der Waals surface area contributed by atoms with E-state index in [4.69, 9.17) is 0 Å². The van der Waals surface area contributed by atoms with Gasteiger partial charge in [-0.3, -0.25) is 0 Å². The standard InChI is InChI=1S/C18H23F6N5O/c1-2-12(18(22,23)24)26-16-28-14(10-4-3-5-11(30)13(10)19)27-15(29-16)25-8-9-6-7-17(9,20)21/h9,11-12,30H,2-8H2,1H3,(H2,25,26,27,28,29)/t9?,11?,12-/m1/s1. The van der Waals surface area contributed by atoms with Crippen molar-refractivity contribution in [3.05, 3.63) is 11.7 Å². The first kappa shape index (κ1) is 22.6. The third kappa shape index (κ3) is 4.96. The Morgan fingerprint density at radius 3 is 2.43 bits per heavy atom. The molecule has 0 aliphatic heterocycles. The van der Waals surface area contributed by atoms with E-state index in [1.54, 1.807) is 0 Å². The van der Waals surface area contributed by atoms with E-state index < -0.39 is 41.9 Å². The van der Waals surface area contributed by atoms with Gasteiger partial charge in [-0.25, -0.2) is 13.2 Å². The van der Waals surface area contributed by atoms with Crippen LogP contribution in [0.3, 0.4) is 0 Å². The van der Waals surface area contributed by atoms with Gasteiger partial charge < -0.3 is 15.7 Å². The molecular formula is C18H23F6N5O. The molecule has 0 aromatic carbocycles. The molecule has 30 heavy (non-hydrogen) atoms. The Morgan fingerprint density at radius 2 is 1.87 bits per heavy atom. The molecule has 3 atom stereocenters. The van der Waals surface area contributed by atoms with Crippen LogP contribution in [0, 0.1) is 5.92 Å². The molecule has 3 rings (SSSR count). The second-order valence-corrected chi connectivity index (χ2v) is 7.57. The average Bonchev–Trinajstić information content (AvgIpc) is 2.66. The number of anilines is 2. The Hall–Kier alpha value is -2.11. The zero-order chi connectivity index (χ0) is 22.1. The van der Waals surface area contributed by atoms with E-state index in [1.807, 2.05) is 0 Å². The first-order chi connectivity index (χ1) is 14.0. The van der Waals surface area contributed by atoms with E-state index in [1.165, 1.54) is 6.92 Å². The van der Waals surface area contributed by atoms with E-state index in [-0.39, 0.29) is 49.6 Å². The maximum atomic E-state index is 14.4. The lowest BCUT2D eigenvalue weighted by atomic mass is 9.81. The van der Waals surface area contributed by atoms with Crippen LogP contribution in [0.4, 0.5) is 38.2 Å². The minimum atomic E-state index is -4.57. The summed E-state index contributed by atoms with van der Waals surface area (Å²) in [6.07, 6.45) is -5.33. The summed E-state index contributed by atoms with van der Waals surface area (Å²) in [5, 5.41) is 14.5. The number of nitrogens with one attached hydrogen (secondary N) is 2. The van der Waals surface area contributed by atoms with E-state index in [0.29, 0.717) is 12.8 Å². The molecule has 1 saturated carbocycles. The number of hydrogen-bond acceptors (Lipinski definition) is 6. The van der Waals surface area contributed by atoms with Gasteiger partial charge in [0, 0.05) is 24.5 Å². The quantitative estimate of drug-likeness (QED) is 0.550. The summed E-state index contributed by atoms with van der Waals surface area (Å²) < 4.78 is 80.8. The van der Waals surface area contributed by atoms with Crippen molar-refractivity contribution < 1.29 is 31.4 Å². The summed E-state index contributed by atoms with van der Waals surface area (Å²) in [6, 6.07) is -1.95. The number of halogens is 6. The molecule has 3 N–H and O–H groups in total. The van der Waals surface area contributed by atoms with Crippen molar-refractivity contribution in [3.63, 3.8) is 0 Å². The number of allylic oxidation sites excluding steroid dienone is 1. The Morgan fingerprint density at radius 1 is 1.17 bits per heavy atom. The van der Waals surface area contributed by atoms with E-state index in [9.17, 15) is 31.4 Å². The SMILES string of the molecule is CC[C@@H](Nc1nc(NCC2CCC2(F)F)nc(C2=C(F)C(O)CCC2)n1)C(F)(F)F. The largest absolute Gasteiger partial charge is 0.408 e. The Balaban J connectivity index is 1.90. The van der Waals surface area contributed by atoms with Crippen LogP contribution < -0.4 is 10.6 Å². The van der Waals surface area contributed by atoms with Crippen molar-refractivity contribution in [2.24, 2.45) is 5.92 Å². The third-order valence-corrected chi connectivity index (χ3v) is 5.43. The van der Waals surface area contributed by atoms with Gasteiger partial charge in [0.15, 0.2) is 5.82 Å². The molecule has 0 bridgehead atoms. The number of hydrogen-bond donors (Lipinski definition) is 3. The highest BCUT2D eigenvalue weighted by atomic mass is 19.4. The summed E-state index contributed by atoms with van der Waals surface area (Å²) in [5.74, 6) is -5.54. The van der Waals surface area contributed by atoms with E-state index in [2.05, 4.69) is 25.6 Å². The van der Waals surface area contributed by atoms with Crippen LogP contribution in [0.2, 0.25) is 0 Å². The summed E-state index contributed by atoms with van der Waals surface area (Å²) in [5.41, 5.74) is -0.0312. The number of rotatable bonds is 7. The van der Waals surface area contributed by atoms with Crippen molar-refractivity contribution in [2.45, 2.75) is 69.7 Å².